The highest BCUT2D eigenvalue weighted by Crippen LogP contribution is 2.33. The predicted octanol–water partition coefficient (Wildman–Crippen LogP) is 4.02. The third-order valence-corrected chi connectivity index (χ3v) is 9.73. The van der Waals surface area contributed by atoms with E-state index >= 15 is 0 Å². The first-order chi connectivity index (χ1) is 19.4. The lowest BCUT2D eigenvalue weighted by atomic mass is 10.1. The molecule has 1 aliphatic heterocycles. The summed E-state index contributed by atoms with van der Waals surface area (Å²) in [6, 6.07) is 12.5. The number of anilines is 2. The van der Waals surface area contributed by atoms with Crippen LogP contribution in [0.1, 0.15) is 28.8 Å². The molecule has 1 N–H and O–H groups in total. The molecule has 1 fully saturated rings. The number of hydrogen-bond donors (Lipinski definition) is 1. The second-order valence-corrected chi connectivity index (χ2v) is 14.1. The minimum absolute atomic E-state index is 0.156. The first-order valence-electron chi connectivity index (χ1n) is 12.8. The molecule has 5 rings (SSSR count). The van der Waals surface area contributed by atoms with Crippen molar-refractivity contribution < 1.29 is 26.5 Å². The number of aromatic nitrogens is 3. The van der Waals surface area contributed by atoms with Crippen LogP contribution in [0, 0.1) is 12.7 Å². The maximum atomic E-state index is 14.3. The molecule has 0 saturated carbocycles. The Morgan fingerprint density at radius 2 is 1.90 bits per heavy atom. The van der Waals surface area contributed by atoms with Crippen LogP contribution in [0.2, 0.25) is 0 Å². The summed E-state index contributed by atoms with van der Waals surface area (Å²) in [6.45, 7) is 2.27. The Morgan fingerprint density at radius 3 is 2.63 bits per heavy atom. The quantitative estimate of drug-likeness (QED) is 0.336. The molecule has 0 bridgehead atoms. The Hall–Kier alpha value is -3.88. The lowest BCUT2D eigenvalue weighted by Crippen LogP contribution is -2.43. The zero-order valence-corrected chi connectivity index (χ0v) is 24.3. The van der Waals surface area contributed by atoms with Gasteiger partial charge in [-0.3, -0.25) is 4.79 Å². The molecule has 11 nitrogen and oxygen atoms in total. The van der Waals surface area contributed by atoms with Crippen LogP contribution in [0.25, 0.3) is 5.52 Å². The van der Waals surface area contributed by atoms with Crippen molar-refractivity contribution in [2.24, 2.45) is 4.36 Å². The van der Waals surface area contributed by atoms with Gasteiger partial charge in [0, 0.05) is 30.0 Å². The molecule has 2 aromatic heterocycles. The summed E-state index contributed by atoms with van der Waals surface area (Å²) in [5.41, 5.74) is 1.57. The molecular weight excluding hydrogens is 571 g/mol. The van der Waals surface area contributed by atoms with Gasteiger partial charge in [-0.05, 0) is 49.6 Å². The fourth-order valence-corrected chi connectivity index (χ4v) is 6.79. The number of carbonyl (C=O) groups is 1. The Bertz CT molecular complexity index is 1850. The van der Waals surface area contributed by atoms with E-state index < -0.39 is 37.6 Å². The van der Waals surface area contributed by atoms with Gasteiger partial charge in [-0.1, -0.05) is 18.2 Å². The number of piperidine rings is 1. The number of nitrogens with zero attached hydrogens (tertiary/aromatic N) is 5. The Balaban J connectivity index is 1.46. The van der Waals surface area contributed by atoms with Crippen molar-refractivity contribution >= 4 is 42.7 Å². The monoisotopic (exact) mass is 600 g/mol. The van der Waals surface area contributed by atoms with E-state index in [1.807, 2.05) is 0 Å². The molecule has 0 unspecified atom stereocenters. The summed E-state index contributed by atoms with van der Waals surface area (Å²) in [7, 11) is -6.37. The van der Waals surface area contributed by atoms with Crippen molar-refractivity contribution in [3.63, 3.8) is 0 Å². The number of ether oxygens (including phenoxy) is 1. The topological polar surface area (TPSA) is 135 Å². The summed E-state index contributed by atoms with van der Waals surface area (Å²) in [5, 5.41) is 7.36. The number of halogens is 1. The number of hydrogen-bond acceptors (Lipinski definition) is 8. The van der Waals surface area contributed by atoms with Gasteiger partial charge >= 0.3 is 0 Å². The van der Waals surface area contributed by atoms with Crippen molar-refractivity contribution in [2.75, 3.05) is 30.9 Å². The van der Waals surface area contributed by atoms with Gasteiger partial charge in [-0.2, -0.15) is 13.8 Å². The van der Waals surface area contributed by atoms with Gasteiger partial charge in [0.1, 0.15) is 29.5 Å². The summed E-state index contributed by atoms with van der Waals surface area (Å²) in [4.78, 5) is 17.9. The number of rotatable bonds is 7. The van der Waals surface area contributed by atoms with Gasteiger partial charge in [-0.25, -0.2) is 26.5 Å². The lowest BCUT2D eigenvalue weighted by Gasteiger charge is -2.31. The molecule has 0 spiro atoms. The molecule has 0 radical (unpaired) electrons. The number of carbonyl (C=O) groups excluding carboxylic acids is 1. The van der Waals surface area contributed by atoms with Crippen LogP contribution in [0.4, 0.5) is 15.9 Å². The van der Waals surface area contributed by atoms with E-state index in [-0.39, 0.29) is 17.9 Å². The molecular formula is C27H29FN6O5S2. The maximum absolute atomic E-state index is 14.3. The van der Waals surface area contributed by atoms with Crippen LogP contribution >= 0.6 is 0 Å². The smallest absolute Gasteiger partial charge is 0.287 e. The Labute approximate surface area is 237 Å². The van der Waals surface area contributed by atoms with Crippen LogP contribution in [-0.4, -0.2) is 69.1 Å². The zero-order valence-electron chi connectivity index (χ0n) is 22.7. The maximum Gasteiger partial charge on any atom is 0.287 e. The number of sulfonamides is 1. The lowest BCUT2D eigenvalue weighted by molar-refractivity contribution is 0.100. The molecule has 41 heavy (non-hydrogen) atoms. The third kappa shape index (κ3) is 6.24. The fraction of sp³-hybridized carbons (Fsp3) is 0.296. The summed E-state index contributed by atoms with van der Waals surface area (Å²) in [6.07, 6.45) is 6.10. The molecule has 216 valence electrons. The standard InChI is InChI=1S/C27H29FN6O5S2/c1-18-22(27(35)32-40(2,36)21-9-5-4-6-10-21)16-34-25(18)26(29-17-30-34)31-23-12-11-19(28)14-24(23)39-20-8-7-13-33(15-20)41(3,37)38/h4-6,9-12,14,16-17,20H,7-8,13,15H2,1-3H3,(H,29,30,31)/t20-,40-/m1/s1. The van der Waals surface area contributed by atoms with Crippen molar-refractivity contribution in [1.29, 1.82) is 0 Å². The van der Waals surface area contributed by atoms with Gasteiger partial charge in [0.25, 0.3) is 5.91 Å². The molecule has 0 aliphatic carbocycles. The van der Waals surface area contributed by atoms with E-state index in [1.165, 1.54) is 45.8 Å². The number of aryl methyl sites for hydroxylation is 1. The van der Waals surface area contributed by atoms with Crippen LogP contribution in [0.3, 0.4) is 0 Å². The second kappa shape index (κ2) is 11.2. The van der Waals surface area contributed by atoms with Crippen LogP contribution in [0.5, 0.6) is 5.75 Å². The number of fused-ring (bicyclic) bond motifs is 1. The summed E-state index contributed by atoms with van der Waals surface area (Å²) >= 11 is 0. The van der Waals surface area contributed by atoms with Gasteiger partial charge in [-0.15, -0.1) is 0 Å². The number of benzene rings is 2. The molecule has 1 saturated heterocycles. The second-order valence-electron chi connectivity index (χ2n) is 9.85. The van der Waals surface area contributed by atoms with E-state index in [1.54, 1.807) is 37.3 Å². The molecule has 1 amide bonds. The van der Waals surface area contributed by atoms with E-state index in [0.717, 1.165) is 6.26 Å². The SMILES string of the molecule is Cc1c(C(=O)N=[S@](C)(=O)c2ccccc2)cn2ncnc(Nc3ccc(F)cc3O[C@@H]3CCCN(S(C)(=O)=O)C3)c12. The summed E-state index contributed by atoms with van der Waals surface area (Å²) in [5.74, 6) is -0.682. The minimum atomic E-state index is -3.39. The normalized spacial score (nSPS) is 17.6. The highest BCUT2D eigenvalue weighted by Gasteiger charge is 2.28. The van der Waals surface area contributed by atoms with Crippen LogP contribution in [-0.2, 0) is 19.8 Å². The fourth-order valence-electron chi connectivity index (χ4n) is 4.71. The number of amides is 1. The Kier molecular flexibility index (Phi) is 7.81. The molecule has 14 heteroatoms. The van der Waals surface area contributed by atoms with Crippen molar-refractivity contribution in [2.45, 2.75) is 30.8 Å². The predicted molar refractivity (Wildman–Crippen MR) is 153 cm³/mol. The van der Waals surface area contributed by atoms with Crippen LogP contribution in [0.15, 0.2) is 70.3 Å². The van der Waals surface area contributed by atoms with E-state index in [4.69, 9.17) is 4.74 Å². The third-order valence-electron chi connectivity index (χ3n) is 6.80. The van der Waals surface area contributed by atoms with E-state index in [9.17, 15) is 21.8 Å². The molecule has 2 atom stereocenters. The highest BCUT2D eigenvalue weighted by atomic mass is 32.2. The zero-order chi connectivity index (χ0) is 29.4. The van der Waals surface area contributed by atoms with Crippen molar-refractivity contribution in [3.8, 4) is 5.75 Å². The van der Waals surface area contributed by atoms with Gasteiger partial charge < -0.3 is 10.1 Å². The summed E-state index contributed by atoms with van der Waals surface area (Å²) < 4.78 is 64.5. The molecule has 3 heterocycles. The van der Waals surface area contributed by atoms with Gasteiger partial charge in [0.2, 0.25) is 10.0 Å². The van der Waals surface area contributed by atoms with Gasteiger partial charge in [0.15, 0.2) is 5.82 Å². The van der Waals surface area contributed by atoms with E-state index in [2.05, 4.69) is 19.8 Å². The van der Waals surface area contributed by atoms with Crippen molar-refractivity contribution in [3.05, 3.63) is 78.0 Å². The first-order valence-corrected chi connectivity index (χ1v) is 16.5. The highest BCUT2D eigenvalue weighted by molar-refractivity contribution is 7.93. The number of nitrogens with one attached hydrogen (secondary N) is 1. The largest absolute Gasteiger partial charge is 0.487 e. The Morgan fingerprint density at radius 1 is 1.15 bits per heavy atom. The van der Waals surface area contributed by atoms with Crippen molar-refractivity contribution in [1.82, 2.24) is 18.9 Å². The average Bonchev–Trinajstić information content (AvgIpc) is 3.27. The minimum Gasteiger partial charge on any atom is -0.487 e. The van der Waals surface area contributed by atoms with E-state index in [0.29, 0.717) is 46.9 Å². The average molecular weight is 601 g/mol. The molecule has 1 aliphatic rings. The molecule has 4 aromatic rings. The first kappa shape index (κ1) is 28.6. The van der Waals surface area contributed by atoms with Gasteiger partial charge in [0.05, 0.1) is 33.8 Å². The molecule has 2 aromatic carbocycles. The van der Waals surface area contributed by atoms with Crippen LogP contribution < -0.4 is 10.1 Å².